The van der Waals surface area contributed by atoms with Gasteiger partial charge in [-0.1, -0.05) is 59.1 Å². The van der Waals surface area contributed by atoms with Crippen molar-refractivity contribution in [3.05, 3.63) is 79.9 Å². The van der Waals surface area contributed by atoms with E-state index in [1.54, 1.807) is 10.7 Å². The lowest BCUT2D eigenvalue weighted by atomic mass is 10.1. The Balaban J connectivity index is 1.59. The van der Waals surface area contributed by atoms with Gasteiger partial charge in [-0.25, -0.2) is 0 Å². The Morgan fingerprint density at radius 3 is 2.52 bits per heavy atom. The van der Waals surface area contributed by atoms with E-state index < -0.39 is 0 Å². The summed E-state index contributed by atoms with van der Waals surface area (Å²) in [6, 6.07) is 13.8. The van der Waals surface area contributed by atoms with E-state index in [9.17, 15) is 0 Å². The fraction of sp³-hybridized carbons (Fsp3) is 0.158. The molecule has 0 atom stereocenters. The molecule has 0 aliphatic carbocycles. The lowest BCUT2D eigenvalue weighted by molar-refractivity contribution is 0.689. The topological polar surface area (TPSA) is 41.9 Å². The molecule has 4 nitrogen and oxygen atoms in total. The molecule has 8 heteroatoms. The third kappa shape index (κ3) is 5.69. The largest absolute Gasteiger partial charge is 0.358 e. The van der Waals surface area contributed by atoms with Crippen LogP contribution in [0, 0.1) is 6.92 Å². The maximum atomic E-state index is 6.07. The normalized spacial score (nSPS) is 10.7. The van der Waals surface area contributed by atoms with E-state index >= 15 is 0 Å². The molecule has 2 N–H and O–H groups in total. The SMILES string of the molecule is Cc1ccc(CNC(=S)Nc2nn(Cc3ccc(Cl)c(Cl)c3)cc2Br)cc1. The fourth-order valence-corrected chi connectivity index (χ4v) is 3.33. The van der Waals surface area contributed by atoms with E-state index in [0.717, 1.165) is 15.6 Å². The molecule has 0 bridgehead atoms. The van der Waals surface area contributed by atoms with Gasteiger partial charge in [-0.3, -0.25) is 4.68 Å². The van der Waals surface area contributed by atoms with Crippen molar-refractivity contribution in [3.8, 4) is 0 Å². The minimum absolute atomic E-state index is 0.510. The molecule has 3 aromatic rings. The number of aryl methyl sites for hydroxylation is 1. The molecule has 0 amide bonds. The summed E-state index contributed by atoms with van der Waals surface area (Å²) in [6.45, 7) is 3.28. The number of aromatic nitrogens is 2. The van der Waals surface area contributed by atoms with Gasteiger partial charge < -0.3 is 10.6 Å². The predicted molar refractivity (Wildman–Crippen MR) is 120 cm³/mol. The van der Waals surface area contributed by atoms with E-state index in [-0.39, 0.29) is 0 Å². The average molecular weight is 484 g/mol. The molecule has 0 saturated heterocycles. The maximum absolute atomic E-state index is 6.07. The Morgan fingerprint density at radius 2 is 1.81 bits per heavy atom. The van der Waals surface area contributed by atoms with Gasteiger partial charge in [-0.15, -0.1) is 0 Å². The second kappa shape index (κ2) is 9.06. The highest BCUT2D eigenvalue weighted by atomic mass is 79.9. The highest BCUT2D eigenvalue weighted by Crippen LogP contribution is 2.24. The standard InChI is InChI=1S/C19H17BrCl2N4S/c1-12-2-4-13(5-3-12)9-23-19(27)24-18-15(20)11-26(25-18)10-14-6-7-16(21)17(22)8-14/h2-8,11H,9-10H2,1H3,(H2,23,24,25,27). The van der Waals surface area contributed by atoms with Gasteiger partial charge in [0.15, 0.2) is 10.9 Å². The van der Waals surface area contributed by atoms with Crippen molar-refractivity contribution >= 4 is 62.3 Å². The maximum Gasteiger partial charge on any atom is 0.172 e. The van der Waals surface area contributed by atoms with Gasteiger partial charge in [0.05, 0.1) is 21.1 Å². The van der Waals surface area contributed by atoms with Crippen LogP contribution in [0.25, 0.3) is 0 Å². The van der Waals surface area contributed by atoms with Crippen LogP contribution in [-0.4, -0.2) is 14.9 Å². The summed E-state index contributed by atoms with van der Waals surface area (Å²) in [5.41, 5.74) is 3.40. The first kappa shape index (κ1) is 20.1. The zero-order valence-electron chi connectivity index (χ0n) is 14.5. The van der Waals surface area contributed by atoms with Crippen molar-refractivity contribution < 1.29 is 0 Å². The van der Waals surface area contributed by atoms with Crippen molar-refractivity contribution in [2.75, 3.05) is 5.32 Å². The van der Waals surface area contributed by atoms with Crippen LogP contribution in [-0.2, 0) is 13.1 Å². The van der Waals surface area contributed by atoms with E-state index in [1.807, 2.05) is 18.3 Å². The van der Waals surface area contributed by atoms with Gasteiger partial charge in [0.25, 0.3) is 0 Å². The van der Waals surface area contributed by atoms with Crippen LogP contribution in [0.5, 0.6) is 0 Å². The molecule has 3 rings (SSSR count). The van der Waals surface area contributed by atoms with Crippen LogP contribution in [0.15, 0.2) is 53.1 Å². The molecule has 0 aliphatic rings. The second-order valence-corrected chi connectivity index (χ2v) is 8.14. The van der Waals surface area contributed by atoms with E-state index in [4.69, 9.17) is 35.4 Å². The predicted octanol–water partition coefficient (Wildman–Crippen LogP) is 5.80. The molecule has 2 aromatic carbocycles. The molecule has 0 fully saturated rings. The van der Waals surface area contributed by atoms with Crippen molar-refractivity contribution in [2.24, 2.45) is 0 Å². The number of thiocarbonyl (C=S) groups is 1. The Bertz CT molecular complexity index is 957. The molecular weight excluding hydrogens is 467 g/mol. The summed E-state index contributed by atoms with van der Waals surface area (Å²) in [6.07, 6.45) is 1.88. The summed E-state index contributed by atoms with van der Waals surface area (Å²) < 4.78 is 2.62. The number of anilines is 1. The van der Waals surface area contributed by atoms with Crippen LogP contribution in [0.4, 0.5) is 5.82 Å². The van der Waals surface area contributed by atoms with Crippen molar-refractivity contribution in [1.29, 1.82) is 0 Å². The minimum atomic E-state index is 0.510. The highest BCUT2D eigenvalue weighted by Gasteiger charge is 2.09. The first-order valence-corrected chi connectivity index (χ1v) is 10.1. The van der Waals surface area contributed by atoms with Crippen molar-refractivity contribution in [1.82, 2.24) is 15.1 Å². The van der Waals surface area contributed by atoms with E-state index in [0.29, 0.717) is 34.1 Å². The van der Waals surface area contributed by atoms with Gasteiger partial charge >= 0.3 is 0 Å². The fourth-order valence-electron chi connectivity index (χ4n) is 2.43. The molecular formula is C19H17BrCl2N4S. The van der Waals surface area contributed by atoms with Crippen molar-refractivity contribution in [3.63, 3.8) is 0 Å². The molecule has 0 saturated carbocycles. The molecule has 0 radical (unpaired) electrons. The number of nitrogens with zero attached hydrogens (tertiary/aromatic N) is 2. The van der Waals surface area contributed by atoms with Gasteiger partial charge in [-0.05, 0) is 58.3 Å². The Kier molecular flexibility index (Phi) is 6.76. The molecule has 27 heavy (non-hydrogen) atoms. The Hall–Kier alpha value is -1.60. The summed E-state index contributed by atoms with van der Waals surface area (Å²) in [5.74, 6) is 0.650. The van der Waals surface area contributed by atoms with E-state index in [1.165, 1.54) is 5.56 Å². The highest BCUT2D eigenvalue weighted by molar-refractivity contribution is 9.10. The minimum Gasteiger partial charge on any atom is -0.358 e. The van der Waals surface area contributed by atoms with Gasteiger partial charge in [0.2, 0.25) is 0 Å². The molecule has 0 spiro atoms. The summed E-state index contributed by atoms with van der Waals surface area (Å²) in [7, 11) is 0. The van der Waals surface area contributed by atoms with Crippen molar-refractivity contribution in [2.45, 2.75) is 20.0 Å². The molecule has 1 heterocycles. The number of nitrogens with one attached hydrogen (secondary N) is 2. The lowest BCUT2D eigenvalue weighted by Crippen LogP contribution is -2.28. The van der Waals surface area contributed by atoms with Gasteiger partial charge in [0.1, 0.15) is 0 Å². The number of halogens is 3. The van der Waals surface area contributed by atoms with Gasteiger partial charge in [-0.2, -0.15) is 5.10 Å². The third-order valence-electron chi connectivity index (χ3n) is 3.85. The number of benzene rings is 2. The van der Waals surface area contributed by atoms with Crippen LogP contribution in [0.1, 0.15) is 16.7 Å². The average Bonchev–Trinajstić information content (AvgIpc) is 2.96. The summed E-state index contributed by atoms with van der Waals surface area (Å²) in [4.78, 5) is 0. The van der Waals surface area contributed by atoms with Crippen LogP contribution in [0.2, 0.25) is 10.0 Å². The zero-order valence-corrected chi connectivity index (χ0v) is 18.4. The lowest BCUT2D eigenvalue weighted by Gasteiger charge is -2.09. The summed E-state index contributed by atoms with van der Waals surface area (Å²) in [5, 5.41) is 12.4. The molecule has 1 aromatic heterocycles. The van der Waals surface area contributed by atoms with Crippen LogP contribution >= 0.6 is 51.3 Å². The number of hydrogen-bond donors (Lipinski definition) is 2. The first-order valence-electron chi connectivity index (χ1n) is 8.18. The first-order chi connectivity index (χ1) is 12.9. The zero-order chi connectivity index (χ0) is 19.4. The monoisotopic (exact) mass is 482 g/mol. The number of rotatable bonds is 5. The Labute approximate surface area is 182 Å². The van der Waals surface area contributed by atoms with Gasteiger partial charge in [0, 0.05) is 12.7 Å². The Morgan fingerprint density at radius 1 is 1.11 bits per heavy atom. The van der Waals surface area contributed by atoms with E-state index in [2.05, 4.69) is 62.9 Å². The molecule has 0 aliphatic heterocycles. The second-order valence-electron chi connectivity index (χ2n) is 6.06. The quantitative estimate of drug-likeness (QED) is 0.450. The smallest absolute Gasteiger partial charge is 0.172 e. The summed E-state index contributed by atoms with van der Waals surface area (Å²) >= 11 is 20.9. The molecule has 140 valence electrons. The number of hydrogen-bond acceptors (Lipinski definition) is 2. The van der Waals surface area contributed by atoms with Crippen LogP contribution < -0.4 is 10.6 Å². The third-order valence-corrected chi connectivity index (χ3v) is 5.42. The van der Waals surface area contributed by atoms with Crippen LogP contribution in [0.3, 0.4) is 0 Å². The molecule has 0 unspecified atom stereocenters.